The first-order valence-electron chi connectivity index (χ1n) is 9.54. The molecule has 1 aliphatic heterocycles. The lowest BCUT2D eigenvalue weighted by Gasteiger charge is -2.44. The largest absolute Gasteiger partial charge is 0.340 e. The summed E-state index contributed by atoms with van der Waals surface area (Å²) in [5.41, 5.74) is -1.96. The van der Waals surface area contributed by atoms with Gasteiger partial charge >= 0.3 is 0 Å². The predicted molar refractivity (Wildman–Crippen MR) is 105 cm³/mol. The molecule has 10 heteroatoms. The number of nitrogens with one attached hydrogen (secondary N) is 1. The van der Waals surface area contributed by atoms with Crippen LogP contribution in [0.2, 0.25) is 0 Å². The third-order valence-corrected chi connectivity index (χ3v) is 5.65. The molecule has 7 nitrogen and oxygen atoms in total. The average Bonchev–Trinajstić information content (AvgIpc) is 2.73. The number of benzene rings is 2. The number of likely N-dealkylation sites (N-methyl/N-ethyl adjacent to an activating group) is 1. The Morgan fingerprint density at radius 3 is 2.35 bits per heavy atom. The van der Waals surface area contributed by atoms with Gasteiger partial charge in [0.05, 0.1) is 10.5 Å². The van der Waals surface area contributed by atoms with Crippen LogP contribution >= 0.6 is 0 Å². The predicted octanol–water partition coefficient (Wildman–Crippen LogP) is 2.90. The maximum absolute atomic E-state index is 14.3. The molecule has 0 spiro atoms. The quantitative estimate of drug-likeness (QED) is 0.558. The molecule has 1 heterocycles. The molecule has 31 heavy (non-hydrogen) atoms. The molecule has 3 rings (SSSR count). The van der Waals surface area contributed by atoms with Gasteiger partial charge in [0, 0.05) is 26.0 Å². The van der Waals surface area contributed by atoms with Gasteiger partial charge in [-0.15, -0.1) is 0 Å². The van der Waals surface area contributed by atoms with Gasteiger partial charge in [-0.25, -0.2) is 13.2 Å². The van der Waals surface area contributed by atoms with Crippen molar-refractivity contribution in [3.8, 4) is 0 Å². The van der Waals surface area contributed by atoms with Crippen molar-refractivity contribution in [2.75, 3.05) is 7.05 Å². The minimum Gasteiger partial charge on any atom is -0.340 e. The van der Waals surface area contributed by atoms with Gasteiger partial charge in [-0.05, 0) is 30.2 Å². The molecule has 0 aliphatic carbocycles. The van der Waals surface area contributed by atoms with Gasteiger partial charge in [-0.2, -0.15) is 0 Å². The number of carbonyl (C=O) groups is 2. The zero-order chi connectivity index (χ0) is 22.9. The molecule has 1 N–H and O–H groups in total. The van der Waals surface area contributed by atoms with E-state index >= 15 is 0 Å². The number of piperazine rings is 1. The molecule has 2 unspecified atom stereocenters. The highest BCUT2D eigenvalue weighted by molar-refractivity contribution is 6.00. The molecular weight excluding hydrogens is 415 g/mol. The summed E-state index contributed by atoms with van der Waals surface area (Å²) in [7, 11) is 1.34. The number of carbonyl (C=O) groups excluding carboxylic acids is 2. The third kappa shape index (κ3) is 4.10. The Kier molecular flexibility index (Phi) is 6.01. The van der Waals surface area contributed by atoms with Crippen molar-refractivity contribution in [2.45, 2.75) is 37.8 Å². The molecule has 2 aromatic carbocycles. The van der Waals surface area contributed by atoms with E-state index in [0.29, 0.717) is 11.6 Å². The fourth-order valence-corrected chi connectivity index (χ4v) is 3.83. The van der Waals surface area contributed by atoms with E-state index in [-0.39, 0.29) is 12.8 Å². The Bertz CT molecular complexity index is 1040. The topological polar surface area (TPSA) is 92.5 Å². The van der Waals surface area contributed by atoms with E-state index in [1.165, 1.54) is 31.3 Å². The van der Waals surface area contributed by atoms with Gasteiger partial charge < -0.3 is 10.2 Å². The first-order valence-corrected chi connectivity index (χ1v) is 9.54. The summed E-state index contributed by atoms with van der Waals surface area (Å²) in [4.78, 5) is 37.6. The SMILES string of the molecule is CCC1(Cc2ccc(F)cc2)NC(=O)C(Cc2c([N+](=O)[O-])ccc(F)c2F)N(C)C1=O. The standard InChI is InChI=1S/C21H20F3N3O4/c1-3-21(11-12-4-6-13(22)7-5-12)20(29)26(2)17(19(28)25-21)10-14-16(27(30)31)9-8-15(23)18(14)24/h4-9,17H,3,10-11H2,1-2H3,(H,25,28). The fraction of sp³-hybridized carbons (Fsp3) is 0.333. The summed E-state index contributed by atoms with van der Waals surface area (Å²) in [5, 5.41) is 13.9. The van der Waals surface area contributed by atoms with E-state index in [0.717, 1.165) is 11.0 Å². The van der Waals surface area contributed by atoms with E-state index in [9.17, 15) is 32.9 Å². The van der Waals surface area contributed by atoms with Gasteiger partial charge in [0.15, 0.2) is 11.6 Å². The fourth-order valence-electron chi connectivity index (χ4n) is 3.83. The smallest absolute Gasteiger partial charge is 0.275 e. The zero-order valence-electron chi connectivity index (χ0n) is 16.8. The van der Waals surface area contributed by atoms with E-state index in [4.69, 9.17) is 0 Å². The third-order valence-electron chi connectivity index (χ3n) is 5.65. The summed E-state index contributed by atoms with van der Waals surface area (Å²) in [6.07, 6.45) is -0.245. The first-order chi connectivity index (χ1) is 14.6. The first kappa shape index (κ1) is 22.3. The molecule has 2 aromatic rings. The summed E-state index contributed by atoms with van der Waals surface area (Å²) >= 11 is 0. The molecule has 164 valence electrons. The average molecular weight is 435 g/mol. The van der Waals surface area contributed by atoms with Crippen LogP contribution < -0.4 is 5.32 Å². The van der Waals surface area contributed by atoms with Crippen LogP contribution in [0.4, 0.5) is 18.9 Å². The maximum Gasteiger partial charge on any atom is 0.275 e. The van der Waals surface area contributed by atoms with Crippen LogP contribution in [0, 0.1) is 27.6 Å². The number of amides is 2. The summed E-state index contributed by atoms with van der Waals surface area (Å²) in [5.74, 6) is -4.29. The highest BCUT2D eigenvalue weighted by atomic mass is 19.2. The molecule has 0 radical (unpaired) electrons. The monoisotopic (exact) mass is 435 g/mol. The van der Waals surface area contributed by atoms with Crippen LogP contribution in [-0.2, 0) is 22.4 Å². The normalized spacial score (nSPS) is 21.2. The number of halogens is 3. The minimum absolute atomic E-state index is 0.0971. The number of nitrogens with zero attached hydrogens (tertiary/aromatic N) is 2. The van der Waals surface area contributed by atoms with Gasteiger partial charge in [0.1, 0.15) is 17.4 Å². The minimum atomic E-state index is -1.43. The lowest BCUT2D eigenvalue weighted by molar-refractivity contribution is -0.385. The summed E-state index contributed by atoms with van der Waals surface area (Å²) in [6.45, 7) is 1.70. The maximum atomic E-state index is 14.3. The summed E-state index contributed by atoms with van der Waals surface area (Å²) < 4.78 is 41.2. The van der Waals surface area contributed by atoms with Crippen molar-refractivity contribution < 1.29 is 27.7 Å². The van der Waals surface area contributed by atoms with Crippen molar-refractivity contribution in [1.29, 1.82) is 0 Å². The number of rotatable bonds is 6. The van der Waals surface area contributed by atoms with Crippen molar-refractivity contribution >= 4 is 17.5 Å². The van der Waals surface area contributed by atoms with Gasteiger partial charge in [-0.1, -0.05) is 19.1 Å². The molecule has 1 saturated heterocycles. The number of nitro groups is 1. The van der Waals surface area contributed by atoms with E-state index in [1.807, 2.05) is 0 Å². The lowest BCUT2D eigenvalue weighted by Crippen LogP contribution is -2.70. The summed E-state index contributed by atoms with van der Waals surface area (Å²) in [6, 6.07) is 5.68. The van der Waals surface area contributed by atoms with Gasteiger partial charge in [-0.3, -0.25) is 19.7 Å². The van der Waals surface area contributed by atoms with Crippen LogP contribution in [0.3, 0.4) is 0 Å². The molecular formula is C21H20F3N3O4. The lowest BCUT2D eigenvalue weighted by atomic mass is 9.83. The van der Waals surface area contributed by atoms with E-state index in [2.05, 4.69) is 5.32 Å². The molecule has 2 amide bonds. The highest BCUT2D eigenvalue weighted by Gasteiger charge is 2.49. The van der Waals surface area contributed by atoms with Crippen molar-refractivity contribution in [3.05, 3.63) is 75.1 Å². The Morgan fingerprint density at radius 1 is 1.13 bits per heavy atom. The van der Waals surface area contributed by atoms with Crippen molar-refractivity contribution in [1.82, 2.24) is 10.2 Å². The number of hydrogen-bond acceptors (Lipinski definition) is 4. The van der Waals surface area contributed by atoms with Crippen LogP contribution in [-0.4, -0.2) is 40.3 Å². The van der Waals surface area contributed by atoms with E-state index < -0.39 is 63.4 Å². The van der Waals surface area contributed by atoms with Gasteiger partial charge in [0.25, 0.3) is 5.69 Å². The second-order valence-corrected chi connectivity index (χ2v) is 7.48. The second kappa shape index (κ2) is 8.37. The molecule has 0 aromatic heterocycles. The van der Waals surface area contributed by atoms with Crippen molar-refractivity contribution in [3.63, 3.8) is 0 Å². The molecule has 0 bridgehead atoms. The van der Waals surface area contributed by atoms with Crippen LogP contribution in [0.5, 0.6) is 0 Å². The number of nitro benzene ring substituents is 1. The van der Waals surface area contributed by atoms with Crippen LogP contribution in [0.25, 0.3) is 0 Å². The van der Waals surface area contributed by atoms with Crippen LogP contribution in [0.1, 0.15) is 24.5 Å². The Balaban J connectivity index is 1.92. The molecule has 1 aliphatic rings. The Labute approximate surface area is 176 Å². The highest BCUT2D eigenvalue weighted by Crippen LogP contribution is 2.30. The Morgan fingerprint density at radius 2 is 1.77 bits per heavy atom. The molecule has 2 atom stereocenters. The zero-order valence-corrected chi connectivity index (χ0v) is 16.8. The number of hydrogen-bond donors (Lipinski definition) is 1. The van der Waals surface area contributed by atoms with Crippen molar-refractivity contribution in [2.24, 2.45) is 0 Å². The van der Waals surface area contributed by atoms with E-state index in [1.54, 1.807) is 6.92 Å². The second-order valence-electron chi connectivity index (χ2n) is 7.48. The van der Waals surface area contributed by atoms with Gasteiger partial charge in [0.2, 0.25) is 11.8 Å². The molecule has 0 saturated carbocycles. The Hall–Kier alpha value is -3.43. The molecule has 1 fully saturated rings. The van der Waals surface area contributed by atoms with Crippen LogP contribution in [0.15, 0.2) is 36.4 Å².